The maximum absolute atomic E-state index is 13.2. The lowest BCUT2D eigenvalue weighted by Gasteiger charge is -2.36. The molecular formula is C26H34FN5O5S. The topological polar surface area (TPSA) is 113 Å². The lowest BCUT2D eigenvalue weighted by atomic mass is 10.1. The van der Waals surface area contributed by atoms with Gasteiger partial charge in [-0.3, -0.25) is 9.69 Å². The summed E-state index contributed by atoms with van der Waals surface area (Å²) in [4.78, 5) is 26.5. The number of carbonyl (C=O) groups excluding carboxylic acids is 1. The van der Waals surface area contributed by atoms with E-state index in [1.165, 1.54) is 18.3 Å². The molecule has 1 amide bonds. The number of ether oxygens (including phenoxy) is 1. The Kier molecular flexibility index (Phi) is 9.80. The summed E-state index contributed by atoms with van der Waals surface area (Å²) < 4.78 is 45.1. The normalized spacial score (nSPS) is 19.9. The molecule has 1 aromatic carbocycles. The highest BCUT2D eigenvalue weighted by molar-refractivity contribution is 7.88. The number of anilines is 1. The average Bonchev–Trinajstić information content (AvgIpc) is 2.91. The number of carbonyl (C=O) groups is 1. The van der Waals surface area contributed by atoms with E-state index in [9.17, 15) is 17.6 Å². The van der Waals surface area contributed by atoms with Crippen LogP contribution in [0.4, 0.5) is 10.2 Å². The number of hydrogen-bond acceptors (Lipinski definition) is 8. The van der Waals surface area contributed by atoms with Crippen molar-refractivity contribution in [3.05, 3.63) is 65.6 Å². The molecule has 2 N–H and O–H groups in total. The summed E-state index contributed by atoms with van der Waals surface area (Å²) in [7, 11) is -3.42. The van der Waals surface area contributed by atoms with Gasteiger partial charge in [-0.1, -0.05) is 24.3 Å². The van der Waals surface area contributed by atoms with Crippen molar-refractivity contribution >= 4 is 27.8 Å². The van der Waals surface area contributed by atoms with Crippen LogP contribution < -0.4 is 15.1 Å². The van der Waals surface area contributed by atoms with Crippen molar-refractivity contribution in [1.29, 1.82) is 0 Å². The Hall–Kier alpha value is -2.90. The quantitative estimate of drug-likeness (QED) is 0.435. The van der Waals surface area contributed by atoms with Gasteiger partial charge >= 0.3 is 0 Å². The van der Waals surface area contributed by atoms with Gasteiger partial charge in [0.2, 0.25) is 10.0 Å². The van der Waals surface area contributed by atoms with Crippen molar-refractivity contribution < 1.29 is 27.2 Å². The summed E-state index contributed by atoms with van der Waals surface area (Å²) in [6, 6.07) is 9.10. The monoisotopic (exact) mass is 547 g/mol. The first-order valence-corrected chi connectivity index (χ1v) is 14.6. The van der Waals surface area contributed by atoms with Gasteiger partial charge in [-0.2, -0.15) is 0 Å². The Labute approximate surface area is 222 Å². The van der Waals surface area contributed by atoms with Gasteiger partial charge in [0.25, 0.3) is 5.91 Å². The number of rotatable bonds is 10. The number of nitrogens with one attached hydrogen (secondary N) is 2. The van der Waals surface area contributed by atoms with Crippen molar-refractivity contribution in [3.8, 4) is 0 Å². The summed E-state index contributed by atoms with van der Waals surface area (Å²) in [5.74, 6) is 0.0675. The third-order valence-corrected chi connectivity index (χ3v) is 7.07. The molecule has 2 unspecified atom stereocenters. The van der Waals surface area contributed by atoms with E-state index in [0.29, 0.717) is 44.9 Å². The molecule has 206 valence electrons. The Balaban J connectivity index is 1.27. The van der Waals surface area contributed by atoms with Gasteiger partial charge in [0.1, 0.15) is 11.6 Å². The first-order valence-electron chi connectivity index (χ1n) is 12.7. The second-order valence-corrected chi connectivity index (χ2v) is 11.2. The molecule has 0 radical (unpaired) electrons. The van der Waals surface area contributed by atoms with Crippen LogP contribution in [-0.4, -0.2) is 82.1 Å². The van der Waals surface area contributed by atoms with Gasteiger partial charge in [0, 0.05) is 51.9 Å². The highest BCUT2D eigenvalue weighted by atomic mass is 32.2. The zero-order valence-electron chi connectivity index (χ0n) is 21.4. The predicted octanol–water partition coefficient (Wildman–Crippen LogP) is 2.16. The third kappa shape index (κ3) is 8.84. The van der Waals surface area contributed by atoms with Crippen LogP contribution in [0.5, 0.6) is 0 Å². The van der Waals surface area contributed by atoms with Crippen LogP contribution in [0.1, 0.15) is 35.2 Å². The van der Waals surface area contributed by atoms with E-state index in [-0.39, 0.29) is 11.7 Å². The highest BCUT2D eigenvalue weighted by Gasteiger charge is 2.22. The maximum Gasteiger partial charge on any atom is 0.276 e. The van der Waals surface area contributed by atoms with E-state index >= 15 is 0 Å². The summed E-state index contributed by atoms with van der Waals surface area (Å²) >= 11 is 0. The van der Waals surface area contributed by atoms with Crippen LogP contribution in [0.3, 0.4) is 0 Å². The van der Waals surface area contributed by atoms with Gasteiger partial charge < -0.3 is 9.64 Å². The summed E-state index contributed by atoms with van der Waals surface area (Å²) in [5, 5.41) is 0. The summed E-state index contributed by atoms with van der Waals surface area (Å²) in [6.45, 7) is 3.96. The predicted molar refractivity (Wildman–Crippen MR) is 142 cm³/mol. The molecule has 2 atom stereocenters. The van der Waals surface area contributed by atoms with Crippen LogP contribution >= 0.6 is 0 Å². The smallest absolute Gasteiger partial charge is 0.276 e. The summed E-state index contributed by atoms with van der Waals surface area (Å²) in [5.41, 5.74) is 3.62. The molecule has 0 bridgehead atoms. The minimum absolute atomic E-state index is 0.322. The minimum atomic E-state index is -3.42. The molecule has 10 nitrogen and oxygen atoms in total. The number of hydroxylamine groups is 1. The van der Waals surface area contributed by atoms with Crippen molar-refractivity contribution in [1.82, 2.24) is 20.1 Å². The Morgan fingerprint density at radius 3 is 2.58 bits per heavy atom. The fraction of sp³-hybridized carbons (Fsp3) is 0.462. The molecule has 38 heavy (non-hydrogen) atoms. The lowest BCUT2D eigenvalue weighted by Crippen LogP contribution is -2.51. The molecule has 4 rings (SSSR count). The van der Waals surface area contributed by atoms with E-state index in [1.807, 2.05) is 0 Å². The van der Waals surface area contributed by atoms with Gasteiger partial charge in [-0.15, -0.1) is 0 Å². The number of amides is 1. The molecule has 2 aliphatic rings. The molecule has 3 heterocycles. The molecule has 0 spiro atoms. The number of halogens is 1. The number of aromatic nitrogens is 1. The van der Waals surface area contributed by atoms with Crippen LogP contribution in [0.2, 0.25) is 0 Å². The molecule has 1 aromatic heterocycles. The molecular weight excluding hydrogens is 513 g/mol. The van der Waals surface area contributed by atoms with Gasteiger partial charge in [-0.25, -0.2) is 32.8 Å². The molecule has 12 heteroatoms. The fourth-order valence-corrected chi connectivity index (χ4v) is 5.04. The number of pyridine rings is 1. The van der Waals surface area contributed by atoms with E-state index in [0.717, 1.165) is 36.9 Å². The fourth-order valence-electron chi connectivity index (χ4n) is 4.34. The van der Waals surface area contributed by atoms with Gasteiger partial charge in [0.15, 0.2) is 6.29 Å². The minimum Gasteiger partial charge on any atom is -0.354 e. The van der Waals surface area contributed by atoms with Crippen LogP contribution in [0.15, 0.2) is 48.7 Å². The number of piperazine rings is 1. The maximum atomic E-state index is 13.2. The highest BCUT2D eigenvalue weighted by Crippen LogP contribution is 2.16. The zero-order valence-corrected chi connectivity index (χ0v) is 22.2. The van der Waals surface area contributed by atoms with E-state index in [1.54, 1.807) is 36.4 Å². The number of nitrogens with zero attached hydrogens (tertiary/aromatic N) is 3. The largest absolute Gasteiger partial charge is 0.354 e. The average molecular weight is 548 g/mol. The van der Waals surface area contributed by atoms with E-state index < -0.39 is 22.4 Å². The first kappa shape index (κ1) is 28.1. The number of benzene rings is 1. The number of hydrogen-bond donors (Lipinski definition) is 2. The van der Waals surface area contributed by atoms with Crippen molar-refractivity contribution in [2.75, 3.05) is 50.5 Å². The second-order valence-electron chi connectivity index (χ2n) is 9.45. The first-order chi connectivity index (χ1) is 18.2. The SMILES string of the molecule is CS(=O)(=O)NC(C=Cc1ccc(F)cc1)CN1CCN(c2ccc(C(=O)NOC3CCCCO3)cn2)CC1. The molecule has 2 fully saturated rings. The molecule has 2 aromatic rings. The van der Waals surface area contributed by atoms with Crippen LogP contribution in [0, 0.1) is 5.82 Å². The lowest BCUT2D eigenvalue weighted by molar-refractivity contribution is -0.186. The Morgan fingerprint density at radius 2 is 1.95 bits per heavy atom. The number of sulfonamides is 1. The van der Waals surface area contributed by atoms with Crippen LogP contribution in [0.25, 0.3) is 6.08 Å². The Bertz CT molecular complexity index is 1180. The van der Waals surface area contributed by atoms with Crippen LogP contribution in [-0.2, 0) is 19.6 Å². The molecule has 2 aliphatic heterocycles. The molecule has 0 saturated carbocycles. The van der Waals surface area contributed by atoms with Crippen molar-refractivity contribution in [2.24, 2.45) is 0 Å². The zero-order chi connectivity index (χ0) is 27.0. The molecule has 2 saturated heterocycles. The second kappa shape index (κ2) is 13.3. The van der Waals surface area contributed by atoms with Crippen molar-refractivity contribution in [2.45, 2.75) is 31.6 Å². The van der Waals surface area contributed by atoms with E-state index in [4.69, 9.17) is 9.57 Å². The third-order valence-electron chi connectivity index (χ3n) is 6.34. The standard InChI is InChI=1S/C26H34FN5O5S/c1-38(34,35)30-23(11-7-20-5-9-22(27)10-6-20)19-31-13-15-32(16-14-31)24-12-8-21(18-28-24)26(33)29-37-25-4-2-3-17-36-25/h5-12,18,23,25,30H,2-4,13-17,19H2,1H3,(H,29,33). The van der Waals surface area contributed by atoms with E-state index in [2.05, 4.69) is 25.0 Å². The summed E-state index contributed by atoms with van der Waals surface area (Å²) in [6.07, 6.45) is 8.57. The Morgan fingerprint density at radius 1 is 1.18 bits per heavy atom. The molecule has 0 aliphatic carbocycles. The van der Waals surface area contributed by atoms with Crippen molar-refractivity contribution in [3.63, 3.8) is 0 Å². The van der Waals surface area contributed by atoms with Gasteiger partial charge in [-0.05, 0) is 42.7 Å². The van der Waals surface area contributed by atoms with Gasteiger partial charge in [0.05, 0.1) is 17.9 Å².